The third-order valence-electron chi connectivity index (χ3n) is 1.95. The summed E-state index contributed by atoms with van der Waals surface area (Å²) in [5.41, 5.74) is 0. The van der Waals surface area contributed by atoms with Gasteiger partial charge in [0.2, 0.25) is 5.91 Å². The lowest BCUT2D eigenvalue weighted by Crippen LogP contribution is -2.34. The summed E-state index contributed by atoms with van der Waals surface area (Å²) in [5.74, 6) is 0.165. The van der Waals surface area contributed by atoms with Gasteiger partial charge in [-0.1, -0.05) is 20.4 Å². The zero-order chi connectivity index (χ0) is 10.3. The zero-order valence-corrected chi connectivity index (χ0v) is 8.67. The topological polar surface area (TPSA) is 38.3 Å². The Morgan fingerprint density at radius 2 is 2.23 bits per heavy atom. The summed E-state index contributed by atoms with van der Waals surface area (Å²) in [6, 6.07) is 0. The van der Waals surface area contributed by atoms with E-state index in [9.17, 15) is 4.79 Å². The van der Waals surface area contributed by atoms with Crippen LogP contribution >= 0.6 is 0 Å². The van der Waals surface area contributed by atoms with Gasteiger partial charge < -0.3 is 10.1 Å². The molecule has 76 valence electrons. The van der Waals surface area contributed by atoms with Gasteiger partial charge in [-0.2, -0.15) is 0 Å². The third kappa shape index (κ3) is 5.28. The minimum atomic E-state index is -0.00879. The zero-order valence-electron chi connectivity index (χ0n) is 8.67. The fraction of sp³-hybridized carbons (Fsp3) is 0.700. The Morgan fingerprint density at radius 3 is 2.69 bits per heavy atom. The number of carbonyl (C=O) groups is 1. The third-order valence-corrected chi connectivity index (χ3v) is 1.95. The number of hydrogen-bond donors (Lipinski definition) is 1. The first-order chi connectivity index (χ1) is 6.11. The van der Waals surface area contributed by atoms with E-state index in [1.54, 1.807) is 0 Å². The average molecular weight is 185 g/mol. The summed E-state index contributed by atoms with van der Waals surface area (Å²) < 4.78 is 5.05. The fourth-order valence-corrected chi connectivity index (χ4v) is 0.816. The Kier molecular flexibility index (Phi) is 6.02. The van der Waals surface area contributed by atoms with Gasteiger partial charge in [-0.15, -0.1) is 0 Å². The van der Waals surface area contributed by atoms with Crippen LogP contribution < -0.4 is 5.32 Å². The van der Waals surface area contributed by atoms with Crippen molar-refractivity contribution in [2.45, 2.75) is 33.3 Å². The van der Waals surface area contributed by atoms with Crippen molar-refractivity contribution < 1.29 is 9.53 Å². The molecule has 1 amide bonds. The Morgan fingerprint density at radius 1 is 1.62 bits per heavy atom. The largest absolute Gasteiger partial charge is 0.497 e. The number of carbonyl (C=O) groups excluding carboxylic acids is 1. The van der Waals surface area contributed by atoms with Crippen LogP contribution in [-0.2, 0) is 9.53 Å². The summed E-state index contributed by atoms with van der Waals surface area (Å²) in [6.07, 6.45) is 2.24. The first-order valence-corrected chi connectivity index (χ1v) is 4.65. The number of nitrogens with one attached hydrogen (secondary N) is 1. The van der Waals surface area contributed by atoms with E-state index in [0.29, 0.717) is 6.54 Å². The molecule has 1 N–H and O–H groups in total. The highest BCUT2D eigenvalue weighted by molar-refractivity contribution is 5.78. The predicted octanol–water partition coefficient (Wildman–Crippen LogP) is 1.70. The fourth-order valence-electron chi connectivity index (χ4n) is 0.816. The maximum Gasteiger partial charge on any atom is 0.222 e. The Labute approximate surface area is 80.2 Å². The smallest absolute Gasteiger partial charge is 0.222 e. The monoisotopic (exact) mass is 185 g/mol. The van der Waals surface area contributed by atoms with E-state index in [-0.39, 0.29) is 17.9 Å². The van der Waals surface area contributed by atoms with Gasteiger partial charge in [0.05, 0.1) is 12.8 Å². The summed E-state index contributed by atoms with van der Waals surface area (Å²) in [5, 5.41) is 2.81. The second kappa shape index (κ2) is 6.52. The quantitative estimate of drug-likeness (QED) is 0.640. The van der Waals surface area contributed by atoms with E-state index in [2.05, 4.69) is 11.9 Å². The summed E-state index contributed by atoms with van der Waals surface area (Å²) >= 11 is 0. The van der Waals surface area contributed by atoms with Gasteiger partial charge in [-0.05, 0) is 13.3 Å². The first-order valence-electron chi connectivity index (χ1n) is 4.65. The number of hydrogen-bond acceptors (Lipinski definition) is 2. The molecule has 2 atom stereocenters. The van der Waals surface area contributed by atoms with Crippen molar-refractivity contribution in [2.24, 2.45) is 5.92 Å². The van der Waals surface area contributed by atoms with Crippen LogP contribution in [0, 0.1) is 5.92 Å². The van der Waals surface area contributed by atoms with E-state index < -0.39 is 0 Å². The molecule has 0 aliphatic rings. The van der Waals surface area contributed by atoms with Crippen LogP contribution in [0.2, 0.25) is 0 Å². The van der Waals surface area contributed by atoms with Crippen LogP contribution in [0.5, 0.6) is 0 Å². The number of ether oxygens (including phenoxy) is 1. The maximum absolute atomic E-state index is 11.3. The van der Waals surface area contributed by atoms with Crippen molar-refractivity contribution in [3.05, 3.63) is 12.8 Å². The average Bonchev–Trinajstić information content (AvgIpc) is 2.13. The molecule has 0 fully saturated rings. The summed E-state index contributed by atoms with van der Waals surface area (Å²) in [4.78, 5) is 11.3. The van der Waals surface area contributed by atoms with Crippen molar-refractivity contribution in [3.63, 3.8) is 0 Å². The van der Waals surface area contributed by atoms with Gasteiger partial charge >= 0.3 is 0 Å². The molecule has 0 aromatic heterocycles. The lowest BCUT2D eigenvalue weighted by atomic mass is 10.1. The van der Waals surface area contributed by atoms with Crippen molar-refractivity contribution >= 4 is 5.91 Å². The molecule has 0 spiro atoms. The molecule has 0 aliphatic heterocycles. The van der Waals surface area contributed by atoms with Gasteiger partial charge in [0.1, 0.15) is 6.10 Å². The molecule has 3 nitrogen and oxygen atoms in total. The summed E-state index contributed by atoms with van der Waals surface area (Å²) in [7, 11) is 0. The Balaban J connectivity index is 3.62. The van der Waals surface area contributed by atoms with Crippen LogP contribution in [0.1, 0.15) is 27.2 Å². The minimum Gasteiger partial charge on any atom is -0.497 e. The van der Waals surface area contributed by atoms with Crippen molar-refractivity contribution in [1.82, 2.24) is 5.32 Å². The molecule has 13 heavy (non-hydrogen) atoms. The molecule has 2 unspecified atom stereocenters. The van der Waals surface area contributed by atoms with Crippen molar-refractivity contribution in [3.8, 4) is 0 Å². The van der Waals surface area contributed by atoms with Gasteiger partial charge in [-0.3, -0.25) is 4.79 Å². The molecule has 0 aliphatic carbocycles. The van der Waals surface area contributed by atoms with E-state index in [4.69, 9.17) is 4.74 Å². The van der Waals surface area contributed by atoms with Crippen LogP contribution in [0.4, 0.5) is 0 Å². The minimum absolute atomic E-state index is 0.00879. The second-order valence-electron chi connectivity index (χ2n) is 3.17. The molecule has 0 aromatic carbocycles. The first kappa shape index (κ1) is 12.0. The molecule has 0 aromatic rings. The van der Waals surface area contributed by atoms with E-state index in [0.717, 1.165) is 6.42 Å². The molecule has 0 saturated carbocycles. The molecule has 0 bridgehead atoms. The number of rotatable bonds is 6. The second-order valence-corrected chi connectivity index (χ2v) is 3.17. The molecular weight excluding hydrogens is 166 g/mol. The predicted molar refractivity (Wildman–Crippen MR) is 53.2 cm³/mol. The van der Waals surface area contributed by atoms with Gasteiger partial charge in [0.15, 0.2) is 0 Å². The Hall–Kier alpha value is -0.990. The molecule has 0 heterocycles. The van der Waals surface area contributed by atoms with Crippen LogP contribution in [0.25, 0.3) is 0 Å². The van der Waals surface area contributed by atoms with Crippen LogP contribution in [0.3, 0.4) is 0 Å². The SMILES string of the molecule is C=COC(C)CNC(=O)C(C)CC. The molecular formula is C10H19NO2. The molecule has 0 radical (unpaired) electrons. The van der Waals surface area contributed by atoms with Gasteiger partial charge in [0.25, 0.3) is 0 Å². The molecule has 0 rings (SSSR count). The number of amides is 1. The van der Waals surface area contributed by atoms with E-state index >= 15 is 0 Å². The molecule has 0 saturated heterocycles. The van der Waals surface area contributed by atoms with E-state index in [1.807, 2.05) is 20.8 Å². The van der Waals surface area contributed by atoms with Crippen molar-refractivity contribution in [2.75, 3.05) is 6.54 Å². The molecule has 3 heteroatoms. The highest BCUT2D eigenvalue weighted by Crippen LogP contribution is 1.99. The Bertz CT molecular complexity index is 168. The van der Waals surface area contributed by atoms with Gasteiger partial charge in [-0.25, -0.2) is 0 Å². The van der Waals surface area contributed by atoms with Crippen LogP contribution in [0.15, 0.2) is 12.8 Å². The highest BCUT2D eigenvalue weighted by atomic mass is 16.5. The lowest BCUT2D eigenvalue weighted by molar-refractivity contribution is -0.125. The summed E-state index contributed by atoms with van der Waals surface area (Å²) in [6.45, 7) is 9.77. The normalized spacial score (nSPS) is 14.4. The highest BCUT2D eigenvalue weighted by Gasteiger charge is 2.10. The maximum atomic E-state index is 11.3. The van der Waals surface area contributed by atoms with Crippen LogP contribution in [-0.4, -0.2) is 18.6 Å². The lowest BCUT2D eigenvalue weighted by Gasteiger charge is -2.14. The van der Waals surface area contributed by atoms with E-state index in [1.165, 1.54) is 6.26 Å². The standard InChI is InChI=1S/C10H19NO2/c1-5-8(3)10(12)11-7-9(4)13-6-2/h6,8-9H,2,5,7H2,1,3-4H3,(H,11,12). The van der Waals surface area contributed by atoms with Gasteiger partial charge in [0, 0.05) is 5.92 Å². The van der Waals surface area contributed by atoms with Crippen molar-refractivity contribution in [1.29, 1.82) is 0 Å².